The molecule has 0 radical (unpaired) electrons. The van der Waals surface area contributed by atoms with Crippen molar-refractivity contribution in [3.05, 3.63) is 23.8 Å². The molecule has 0 heterocycles. The lowest BCUT2D eigenvalue weighted by Gasteiger charge is -2.42. The van der Waals surface area contributed by atoms with Gasteiger partial charge in [0, 0.05) is 0 Å². The van der Waals surface area contributed by atoms with Crippen molar-refractivity contribution >= 4 is 0 Å². The Kier molecular flexibility index (Phi) is 9.19. The van der Waals surface area contributed by atoms with E-state index in [0.29, 0.717) is 5.41 Å². The highest BCUT2D eigenvalue weighted by atomic mass is 14.5. The molecular weight excluding hydrogens is 302 g/mol. The lowest BCUT2D eigenvalue weighted by atomic mass is 9.63. The van der Waals surface area contributed by atoms with E-state index in [1.165, 1.54) is 6.42 Å². The Labute approximate surface area is 159 Å². The molecule has 1 nitrogen and oxygen atoms in total. The van der Waals surface area contributed by atoms with Crippen LogP contribution in [0.4, 0.5) is 0 Å². The highest BCUT2D eigenvalue weighted by Crippen LogP contribution is 2.46. The lowest BCUT2D eigenvalue weighted by Crippen LogP contribution is -2.32. The molecule has 25 heavy (non-hydrogen) atoms. The maximum Gasteiger partial charge on any atom is -0.00742 e. The number of allylic oxidation sites excluding steroid dienone is 4. The largest absolute Gasteiger partial charge is 0.330 e. The molecule has 0 amide bonds. The van der Waals surface area contributed by atoms with E-state index in [4.69, 9.17) is 5.73 Å². The minimum absolute atomic E-state index is 0.257. The van der Waals surface area contributed by atoms with Crippen LogP contribution in [0.1, 0.15) is 101 Å². The summed E-state index contributed by atoms with van der Waals surface area (Å²) in [5.74, 6) is 0. The first kappa shape index (κ1) is 24.4. The minimum atomic E-state index is 0.257. The predicted molar refractivity (Wildman–Crippen MR) is 116 cm³/mol. The molecule has 0 bridgehead atoms. The molecular formula is C24H47N. The molecule has 0 aliphatic heterocycles. The maximum atomic E-state index is 5.78. The van der Waals surface area contributed by atoms with Gasteiger partial charge in [0.25, 0.3) is 0 Å². The molecule has 148 valence electrons. The van der Waals surface area contributed by atoms with Gasteiger partial charge in [-0.05, 0) is 60.3 Å². The summed E-state index contributed by atoms with van der Waals surface area (Å²) in [6.45, 7) is 24.2. The quantitative estimate of drug-likeness (QED) is 0.428. The molecule has 0 aromatic carbocycles. The lowest BCUT2D eigenvalue weighted by molar-refractivity contribution is 0.111. The fourth-order valence-corrected chi connectivity index (χ4v) is 2.83. The highest BCUT2D eigenvalue weighted by Gasteiger charge is 2.36. The van der Waals surface area contributed by atoms with Gasteiger partial charge in [0.15, 0.2) is 0 Å². The predicted octanol–water partition coefficient (Wildman–Crippen LogP) is 7.52. The normalized spacial score (nSPS) is 15.2. The van der Waals surface area contributed by atoms with Gasteiger partial charge < -0.3 is 5.73 Å². The van der Waals surface area contributed by atoms with E-state index in [0.717, 1.165) is 32.2 Å². The summed E-state index contributed by atoms with van der Waals surface area (Å²) in [5.41, 5.74) is 8.51. The second-order valence-corrected chi connectivity index (χ2v) is 11.4. The molecule has 0 saturated heterocycles. The second-order valence-electron chi connectivity index (χ2n) is 11.4. The number of hydrogen-bond acceptors (Lipinski definition) is 1. The zero-order valence-electron chi connectivity index (χ0n) is 19.1. The van der Waals surface area contributed by atoms with E-state index in [1.807, 2.05) is 0 Å². The van der Waals surface area contributed by atoms with Crippen molar-refractivity contribution < 1.29 is 0 Å². The van der Waals surface area contributed by atoms with Gasteiger partial charge in [-0.2, -0.15) is 0 Å². The Morgan fingerprint density at radius 3 is 1.80 bits per heavy atom. The van der Waals surface area contributed by atoms with Gasteiger partial charge in [-0.25, -0.2) is 0 Å². The Bertz CT molecular complexity index is 436. The Balaban J connectivity index is 5.18. The molecule has 0 aromatic heterocycles. The van der Waals surface area contributed by atoms with Crippen molar-refractivity contribution in [2.24, 2.45) is 27.4 Å². The fourth-order valence-electron chi connectivity index (χ4n) is 2.83. The van der Waals surface area contributed by atoms with Crippen LogP contribution in [0, 0.1) is 21.7 Å². The topological polar surface area (TPSA) is 26.0 Å². The van der Waals surface area contributed by atoms with Gasteiger partial charge in [0.1, 0.15) is 0 Å². The zero-order chi connectivity index (χ0) is 19.9. The van der Waals surface area contributed by atoms with Crippen LogP contribution in [0.5, 0.6) is 0 Å². The van der Waals surface area contributed by atoms with Crippen LogP contribution in [-0.4, -0.2) is 6.54 Å². The molecule has 0 fully saturated rings. The van der Waals surface area contributed by atoms with Gasteiger partial charge >= 0.3 is 0 Å². The number of nitrogens with two attached hydrogens (primary N) is 1. The van der Waals surface area contributed by atoms with Crippen molar-refractivity contribution in [1.29, 1.82) is 0 Å². The van der Waals surface area contributed by atoms with Crippen LogP contribution in [-0.2, 0) is 0 Å². The summed E-state index contributed by atoms with van der Waals surface area (Å²) < 4.78 is 0. The van der Waals surface area contributed by atoms with E-state index in [-0.39, 0.29) is 16.2 Å². The van der Waals surface area contributed by atoms with Gasteiger partial charge in [-0.15, -0.1) is 0 Å². The Morgan fingerprint density at radius 1 is 0.800 bits per heavy atom. The van der Waals surface area contributed by atoms with Gasteiger partial charge in [-0.1, -0.05) is 93.0 Å². The fraction of sp³-hybridized carbons (Fsp3) is 0.833. The summed E-state index contributed by atoms with van der Waals surface area (Å²) in [6, 6.07) is 0. The SMILES string of the molecule is CC(C)(C)/C=C\CC(C)(C)C(C)(C)C/C(=C\CC(C)(C)C)CCCN. The summed E-state index contributed by atoms with van der Waals surface area (Å²) in [7, 11) is 0. The van der Waals surface area contributed by atoms with Crippen LogP contribution in [0.2, 0.25) is 0 Å². The monoisotopic (exact) mass is 349 g/mol. The molecule has 0 rings (SSSR count). The molecule has 0 saturated carbocycles. The van der Waals surface area contributed by atoms with Crippen molar-refractivity contribution in [3.63, 3.8) is 0 Å². The molecule has 0 spiro atoms. The van der Waals surface area contributed by atoms with Crippen molar-refractivity contribution in [1.82, 2.24) is 0 Å². The molecule has 0 atom stereocenters. The summed E-state index contributed by atoms with van der Waals surface area (Å²) in [5, 5.41) is 0. The smallest absolute Gasteiger partial charge is 0.00742 e. The van der Waals surface area contributed by atoms with Crippen molar-refractivity contribution in [2.45, 2.75) is 101 Å². The first-order valence-corrected chi connectivity index (χ1v) is 10.2. The molecule has 0 aromatic rings. The van der Waals surface area contributed by atoms with Crippen molar-refractivity contribution in [2.75, 3.05) is 6.54 Å². The van der Waals surface area contributed by atoms with Crippen LogP contribution in [0.15, 0.2) is 23.8 Å². The number of hydrogen-bond donors (Lipinski definition) is 1. The third kappa shape index (κ3) is 10.9. The van der Waals surface area contributed by atoms with E-state index in [2.05, 4.69) is 87.5 Å². The summed E-state index contributed by atoms with van der Waals surface area (Å²) in [6.07, 6.45) is 12.9. The second kappa shape index (κ2) is 9.40. The standard InChI is InChI=1S/C24H47N/c1-21(2,3)15-12-16-23(7,8)24(9,10)19-20(13-11-18-25)14-17-22(4,5)6/h12,14-15H,11,13,16-19,25H2,1-10H3/b15-12-,20-14-. The highest BCUT2D eigenvalue weighted by molar-refractivity contribution is 5.09. The maximum absolute atomic E-state index is 5.78. The molecule has 2 N–H and O–H groups in total. The van der Waals surface area contributed by atoms with Crippen LogP contribution < -0.4 is 5.73 Å². The van der Waals surface area contributed by atoms with E-state index >= 15 is 0 Å². The van der Waals surface area contributed by atoms with E-state index < -0.39 is 0 Å². The first-order chi connectivity index (χ1) is 11.1. The molecule has 0 aliphatic rings. The third-order valence-corrected chi connectivity index (χ3v) is 5.45. The molecule has 0 aliphatic carbocycles. The average Bonchev–Trinajstić information content (AvgIpc) is 2.38. The summed E-state index contributed by atoms with van der Waals surface area (Å²) in [4.78, 5) is 0. The van der Waals surface area contributed by atoms with Gasteiger partial charge in [-0.3, -0.25) is 0 Å². The minimum Gasteiger partial charge on any atom is -0.330 e. The van der Waals surface area contributed by atoms with Gasteiger partial charge in [0.05, 0.1) is 0 Å². The Hall–Kier alpha value is -0.560. The average molecular weight is 350 g/mol. The molecule has 1 heteroatoms. The summed E-state index contributed by atoms with van der Waals surface area (Å²) >= 11 is 0. The third-order valence-electron chi connectivity index (χ3n) is 5.45. The number of rotatable bonds is 9. The van der Waals surface area contributed by atoms with Crippen LogP contribution in [0.3, 0.4) is 0 Å². The van der Waals surface area contributed by atoms with Gasteiger partial charge in [0.2, 0.25) is 0 Å². The van der Waals surface area contributed by atoms with E-state index in [9.17, 15) is 0 Å². The Morgan fingerprint density at radius 2 is 1.36 bits per heavy atom. The first-order valence-electron chi connectivity index (χ1n) is 10.2. The van der Waals surface area contributed by atoms with Crippen molar-refractivity contribution in [3.8, 4) is 0 Å². The van der Waals surface area contributed by atoms with Crippen LogP contribution in [0.25, 0.3) is 0 Å². The molecule has 0 unspecified atom stereocenters. The van der Waals surface area contributed by atoms with Crippen LogP contribution >= 0.6 is 0 Å². The van der Waals surface area contributed by atoms with E-state index in [1.54, 1.807) is 5.57 Å². The zero-order valence-corrected chi connectivity index (χ0v) is 19.1.